The number of hydrogen-bond donors (Lipinski definition) is 1. The predicted molar refractivity (Wildman–Crippen MR) is 63.4 cm³/mol. The van der Waals surface area contributed by atoms with Gasteiger partial charge in [0.1, 0.15) is 11.5 Å². The second-order valence-corrected chi connectivity index (χ2v) is 5.12. The van der Waals surface area contributed by atoms with Crippen molar-refractivity contribution in [1.29, 1.82) is 0 Å². The van der Waals surface area contributed by atoms with E-state index in [9.17, 15) is 0 Å². The Morgan fingerprint density at radius 2 is 2.40 bits per heavy atom. The number of hydrogen-bond acceptors (Lipinski definition) is 3. The van der Waals surface area contributed by atoms with Crippen molar-refractivity contribution >= 4 is 17.2 Å². The van der Waals surface area contributed by atoms with Crippen LogP contribution in [-0.4, -0.2) is 16.3 Å². The molecule has 15 heavy (non-hydrogen) atoms. The van der Waals surface area contributed by atoms with Crippen molar-refractivity contribution in [3.05, 3.63) is 23.1 Å². The smallest absolute Gasteiger partial charge is 0.124 e. The van der Waals surface area contributed by atoms with E-state index in [1.54, 1.807) is 11.3 Å². The van der Waals surface area contributed by atoms with Crippen LogP contribution in [0.15, 0.2) is 18.2 Å². The monoisotopic (exact) mass is 219 g/mol. The molecule has 1 aliphatic heterocycles. The summed E-state index contributed by atoms with van der Waals surface area (Å²) in [7, 11) is 0. The van der Waals surface area contributed by atoms with Crippen molar-refractivity contribution in [3.63, 3.8) is 0 Å². The van der Waals surface area contributed by atoms with Crippen LogP contribution in [-0.2, 0) is 6.54 Å². The first-order valence-electron chi connectivity index (χ1n) is 5.21. The van der Waals surface area contributed by atoms with Gasteiger partial charge in [0, 0.05) is 24.0 Å². The number of thiophene rings is 1. The third kappa shape index (κ3) is 1.55. The summed E-state index contributed by atoms with van der Waals surface area (Å²) in [6, 6.07) is 6.44. The average molecular weight is 219 g/mol. The molecular formula is C11H13N3S. The normalized spacial score (nSPS) is 14.7. The first kappa shape index (κ1) is 8.97. The number of nitrogens with zero attached hydrogens (tertiary/aromatic N) is 2. The van der Waals surface area contributed by atoms with E-state index in [1.165, 1.54) is 9.75 Å². The van der Waals surface area contributed by atoms with Gasteiger partial charge in [-0.05, 0) is 25.5 Å². The van der Waals surface area contributed by atoms with Gasteiger partial charge in [-0.2, -0.15) is 5.10 Å². The summed E-state index contributed by atoms with van der Waals surface area (Å²) in [6.07, 6.45) is 1.16. The summed E-state index contributed by atoms with van der Waals surface area (Å²) < 4.78 is 2.06. The standard InChI is InChI=1S/C11H13N3S/c1-8-3-4-10(15-8)9-7-11-12-5-2-6-14(11)13-9/h3-4,7,12H,2,5-6H2,1H3. The van der Waals surface area contributed by atoms with Crippen LogP contribution in [0.25, 0.3) is 10.6 Å². The fourth-order valence-electron chi connectivity index (χ4n) is 1.87. The lowest BCUT2D eigenvalue weighted by atomic mass is 10.3. The van der Waals surface area contributed by atoms with Gasteiger partial charge in [0.05, 0.1) is 4.88 Å². The highest BCUT2D eigenvalue weighted by molar-refractivity contribution is 7.15. The Balaban J connectivity index is 2.02. The van der Waals surface area contributed by atoms with Gasteiger partial charge in [0.15, 0.2) is 0 Å². The lowest BCUT2D eigenvalue weighted by molar-refractivity contribution is 0.569. The number of anilines is 1. The van der Waals surface area contributed by atoms with Crippen molar-refractivity contribution in [2.24, 2.45) is 0 Å². The largest absolute Gasteiger partial charge is 0.370 e. The van der Waals surface area contributed by atoms with Crippen LogP contribution in [0.5, 0.6) is 0 Å². The van der Waals surface area contributed by atoms with Crippen LogP contribution in [0.3, 0.4) is 0 Å². The fraction of sp³-hybridized carbons (Fsp3) is 0.364. The maximum Gasteiger partial charge on any atom is 0.124 e. The molecule has 3 rings (SSSR count). The lowest BCUT2D eigenvalue weighted by Gasteiger charge is -2.14. The second-order valence-electron chi connectivity index (χ2n) is 3.83. The summed E-state index contributed by atoms with van der Waals surface area (Å²) in [6.45, 7) is 4.23. The highest BCUT2D eigenvalue weighted by atomic mass is 32.1. The van der Waals surface area contributed by atoms with Gasteiger partial charge >= 0.3 is 0 Å². The predicted octanol–water partition coefficient (Wildman–Crippen LogP) is 2.74. The maximum atomic E-state index is 4.60. The molecule has 0 amide bonds. The molecule has 78 valence electrons. The topological polar surface area (TPSA) is 29.9 Å². The average Bonchev–Trinajstić information content (AvgIpc) is 2.82. The molecule has 0 bridgehead atoms. The molecule has 0 spiro atoms. The van der Waals surface area contributed by atoms with Crippen molar-refractivity contribution < 1.29 is 0 Å². The molecule has 2 aromatic heterocycles. The minimum Gasteiger partial charge on any atom is -0.370 e. The highest BCUT2D eigenvalue weighted by Gasteiger charge is 2.13. The Morgan fingerprint density at radius 3 is 3.13 bits per heavy atom. The lowest BCUT2D eigenvalue weighted by Crippen LogP contribution is -2.17. The van der Waals surface area contributed by atoms with E-state index in [1.807, 2.05) is 0 Å². The van der Waals surface area contributed by atoms with Crippen molar-refractivity contribution in [2.45, 2.75) is 19.9 Å². The molecule has 3 nitrogen and oxygen atoms in total. The summed E-state index contributed by atoms with van der Waals surface area (Å²) in [5.41, 5.74) is 1.09. The Labute approximate surface area is 92.7 Å². The van der Waals surface area contributed by atoms with Gasteiger partial charge in [-0.15, -0.1) is 11.3 Å². The zero-order chi connectivity index (χ0) is 10.3. The Morgan fingerprint density at radius 1 is 1.47 bits per heavy atom. The number of rotatable bonds is 1. The van der Waals surface area contributed by atoms with E-state index in [4.69, 9.17) is 0 Å². The highest BCUT2D eigenvalue weighted by Crippen LogP contribution is 2.29. The van der Waals surface area contributed by atoms with Crippen LogP contribution in [0.2, 0.25) is 0 Å². The summed E-state index contributed by atoms with van der Waals surface area (Å²) >= 11 is 1.80. The molecule has 0 aromatic carbocycles. The SMILES string of the molecule is Cc1ccc(-c2cc3n(n2)CCCN3)s1. The van der Waals surface area contributed by atoms with Gasteiger partial charge in [-0.1, -0.05) is 0 Å². The second kappa shape index (κ2) is 3.38. The molecule has 0 fully saturated rings. The molecule has 0 saturated heterocycles. The van der Waals surface area contributed by atoms with E-state index in [0.29, 0.717) is 0 Å². The summed E-state index contributed by atoms with van der Waals surface area (Å²) in [5.74, 6) is 1.15. The minimum atomic E-state index is 1.03. The van der Waals surface area contributed by atoms with Gasteiger partial charge in [-0.3, -0.25) is 0 Å². The van der Waals surface area contributed by atoms with Crippen LogP contribution in [0.4, 0.5) is 5.82 Å². The summed E-state index contributed by atoms with van der Waals surface area (Å²) in [4.78, 5) is 2.60. The number of aryl methyl sites for hydroxylation is 2. The third-order valence-corrected chi connectivity index (χ3v) is 3.65. The molecule has 0 unspecified atom stereocenters. The molecule has 0 saturated carbocycles. The number of aromatic nitrogens is 2. The van der Waals surface area contributed by atoms with E-state index in [2.05, 4.69) is 40.2 Å². The Bertz CT molecular complexity index is 460. The minimum absolute atomic E-state index is 1.03. The van der Waals surface area contributed by atoms with Gasteiger partial charge in [0.2, 0.25) is 0 Å². The molecule has 0 atom stereocenters. The molecule has 2 aromatic rings. The molecule has 3 heterocycles. The molecule has 1 N–H and O–H groups in total. The van der Waals surface area contributed by atoms with Gasteiger partial charge in [-0.25, -0.2) is 4.68 Å². The van der Waals surface area contributed by atoms with Crippen LogP contribution < -0.4 is 5.32 Å². The maximum absolute atomic E-state index is 4.60. The van der Waals surface area contributed by atoms with Gasteiger partial charge < -0.3 is 5.32 Å². The van der Waals surface area contributed by atoms with E-state index in [0.717, 1.165) is 31.0 Å². The molecule has 1 aliphatic rings. The summed E-state index contributed by atoms with van der Waals surface area (Å²) in [5, 5.41) is 7.96. The van der Waals surface area contributed by atoms with Crippen molar-refractivity contribution in [2.75, 3.05) is 11.9 Å². The molecule has 0 aliphatic carbocycles. The first-order chi connectivity index (χ1) is 7.33. The van der Waals surface area contributed by atoms with Crippen LogP contribution in [0.1, 0.15) is 11.3 Å². The van der Waals surface area contributed by atoms with E-state index >= 15 is 0 Å². The number of nitrogens with one attached hydrogen (secondary N) is 1. The van der Waals surface area contributed by atoms with Gasteiger partial charge in [0.25, 0.3) is 0 Å². The Kier molecular flexibility index (Phi) is 2.02. The van der Waals surface area contributed by atoms with E-state index < -0.39 is 0 Å². The molecule has 0 radical (unpaired) electrons. The van der Waals surface area contributed by atoms with Crippen LogP contribution in [0, 0.1) is 6.92 Å². The fourth-order valence-corrected chi connectivity index (χ4v) is 2.69. The molecule has 4 heteroatoms. The number of fused-ring (bicyclic) bond motifs is 1. The zero-order valence-corrected chi connectivity index (χ0v) is 9.47. The quantitative estimate of drug-likeness (QED) is 0.799. The van der Waals surface area contributed by atoms with Crippen molar-refractivity contribution in [3.8, 4) is 10.6 Å². The molecular weight excluding hydrogens is 206 g/mol. The first-order valence-corrected chi connectivity index (χ1v) is 6.03. The van der Waals surface area contributed by atoms with Crippen LogP contribution >= 0.6 is 11.3 Å². The van der Waals surface area contributed by atoms with Crippen molar-refractivity contribution in [1.82, 2.24) is 9.78 Å². The van der Waals surface area contributed by atoms with E-state index in [-0.39, 0.29) is 0 Å². The Hall–Kier alpha value is -1.29. The zero-order valence-electron chi connectivity index (χ0n) is 8.66. The third-order valence-electron chi connectivity index (χ3n) is 2.63.